The van der Waals surface area contributed by atoms with Gasteiger partial charge in [0.1, 0.15) is 0 Å². The van der Waals surface area contributed by atoms with Gasteiger partial charge in [0.15, 0.2) is 0 Å². The molecule has 0 spiro atoms. The van der Waals surface area contributed by atoms with Crippen molar-refractivity contribution in [2.75, 3.05) is 0 Å². The van der Waals surface area contributed by atoms with E-state index in [4.69, 9.17) is 11.6 Å². The van der Waals surface area contributed by atoms with E-state index in [2.05, 4.69) is 10.0 Å². The van der Waals surface area contributed by atoms with E-state index in [1.807, 2.05) is 0 Å². The van der Waals surface area contributed by atoms with Crippen molar-refractivity contribution in [1.82, 2.24) is 10.0 Å². The van der Waals surface area contributed by atoms with Crippen molar-refractivity contribution >= 4 is 27.5 Å². The van der Waals surface area contributed by atoms with Gasteiger partial charge >= 0.3 is 0 Å². The molecule has 2 aromatic rings. The fourth-order valence-electron chi connectivity index (χ4n) is 3.50. The van der Waals surface area contributed by atoms with Crippen LogP contribution in [0.2, 0.25) is 5.02 Å². The summed E-state index contributed by atoms with van der Waals surface area (Å²) in [5.74, 6) is -0.150. The van der Waals surface area contributed by atoms with Crippen molar-refractivity contribution in [2.24, 2.45) is 0 Å². The molecule has 1 fully saturated rings. The topological polar surface area (TPSA) is 75.3 Å². The molecule has 1 aliphatic carbocycles. The number of sulfonamides is 1. The number of carbonyl (C=O) groups excluding carboxylic acids is 1. The Bertz CT molecular complexity index is 880. The smallest absolute Gasteiger partial charge is 0.241 e. The maximum absolute atomic E-state index is 12.8. The Hall–Kier alpha value is -1.89. The minimum atomic E-state index is -3.76. The van der Waals surface area contributed by atoms with Crippen molar-refractivity contribution in [1.29, 1.82) is 0 Å². The Morgan fingerprint density at radius 3 is 2.29 bits per heavy atom. The molecule has 28 heavy (non-hydrogen) atoms. The van der Waals surface area contributed by atoms with Crippen LogP contribution in [0.3, 0.4) is 0 Å². The lowest BCUT2D eigenvalue weighted by Crippen LogP contribution is -2.39. The molecule has 1 saturated carbocycles. The molecule has 5 nitrogen and oxygen atoms in total. The normalized spacial score (nSPS) is 16.5. The molecule has 0 saturated heterocycles. The van der Waals surface area contributed by atoms with Crippen LogP contribution in [0.15, 0.2) is 59.5 Å². The summed E-state index contributed by atoms with van der Waals surface area (Å²) in [4.78, 5) is 12.8. The molecule has 0 aliphatic heterocycles. The maximum Gasteiger partial charge on any atom is 0.241 e. The molecule has 0 bridgehead atoms. The van der Waals surface area contributed by atoms with E-state index in [0.29, 0.717) is 10.6 Å². The number of rotatable bonds is 7. The highest BCUT2D eigenvalue weighted by atomic mass is 35.5. The van der Waals surface area contributed by atoms with E-state index in [9.17, 15) is 13.2 Å². The van der Waals surface area contributed by atoms with Gasteiger partial charge in [-0.2, -0.15) is 0 Å². The van der Waals surface area contributed by atoms with Crippen LogP contribution in [-0.4, -0.2) is 20.4 Å². The molecule has 2 aromatic carbocycles. The molecule has 0 heterocycles. The third kappa shape index (κ3) is 5.80. The number of nitrogens with one attached hydrogen (secondary N) is 2. The Labute approximate surface area is 171 Å². The summed E-state index contributed by atoms with van der Waals surface area (Å²) in [5, 5.41) is 3.61. The standard InChI is InChI=1S/C21H25ClN2O3S/c22-17-13-11-16(12-14-17)20(15-21(25)23-18-7-3-1-4-8-18)24-28(26,27)19-9-5-2-6-10-19/h2,5-6,9-14,18,20,24H,1,3-4,7-8,15H2,(H,23,25)/t20-/m0/s1. The van der Waals surface area contributed by atoms with Crippen LogP contribution >= 0.6 is 11.6 Å². The van der Waals surface area contributed by atoms with E-state index in [-0.39, 0.29) is 23.3 Å². The van der Waals surface area contributed by atoms with Crippen LogP contribution in [0, 0.1) is 0 Å². The predicted molar refractivity (Wildman–Crippen MR) is 111 cm³/mol. The molecule has 3 rings (SSSR count). The molecule has 7 heteroatoms. The second kappa shape index (κ2) is 9.54. The number of hydrogen-bond acceptors (Lipinski definition) is 3. The third-order valence-corrected chi connectivity index (χ3v) is 6.72. The lowest BCUT2D eigenvalue weighted by atomic mass is 9.95. The SMILES string of the molecule is O=C(C[C@H](NS(=O)(=O)c1ccccc1)c1ccc(Cl)cc1)NC1CCCCC1. The number of amides is 1. The van der Waals surface area contributed by atoms with Crippen LogP contribution in [0.1, 0.15) is 50.1 Å². The van der Waals surface area contributed by atoms with Crippen LogP contribution in [0.25, 0.3) is 0 Å². The summed E-state index contributed by atoms with van der Waals surface area (Å²) in [6.45, 7) is 0. The van der Waals surface area contributed by atoms with Gasteiger partial charge in [-0.3, -0.25) is 4.79 Å². The average molecular weight is 421 g/mol. The lowest BCUT2D eigenvalue weighted by Gasteiger charge is -2.25. The van der Waals surface area contributed by atoms with Crippen molar-refractivity contribution in [2.45, 2.75) is 55.5 Å². The molecule has 0 unspecified atom stereocenters. The van der Waals surface area contributed by atoms with Gasteiger partial charge < -0.3 is 5.32 Å². The second-order valence-corrected chi connectivity index (χ2v) is 9.30. The summed E-state index contributed by atoms with van der Waals surface area (Å²) in [5.41, 5.74) is 0.697. The summed E-state index contributed by atoms with van der Waals surface area (Å²) in [6.07, 6.45) is 5.43. The summed E-state index contributed by atoms with van der Waals surface area (Å²) < 4.78 is 28.3. The van der Waals surface area contributed by atoms with Gasteiger partial charge in [-0.25, -0.2) is 13.1 Å². The molecule has 1 aliphatic rings. The number of carbonyl (C=O) groups is 1. The molecule has 2 N–H and O–H groups in total. The van der Waals surface area contributed by atoms with Gasteiger partial charge in [-0.05, 0) is 42.7 Å². The number of benzene rings is 2. The molecule has 0 radical (unpaired) electrons. The van der Waals surface area contributed by atoms with Gasteiger partial charge in [0.05, 0.1) is 10.9 Å². The summed E-state index contributed by atoms with van der Waals surface area (Å²) in [7, 11) is -3.76. The van der Waals surface area contributed by atoms with Crippen LogP contribution in [0.5, 0.6) is 0 Å². The second-order valence-electron chi connectivity index (χ2n) is 7.15. The van der Waals surface area contributed by atoms with E-state index in [1.54, 1.807) is 42.5 Å². The van der Waals surface area contributed by atoms with E-state index in [1.165, 1.54) is 18.6 Å². The third-order valence-electron chi connectivity index (χ3n) is 4.98. The first-order chi connectivity index (χ1) is 13.4. The lowest BCUT2D eigenvalue weighted by molar-refractivity contribution is -0.122. The molecule has 150 valence electrons. The zero-order valence-corrected chi connectivity index (χ0v) is 17.2. The highest BCUT2D eigenvalue weighted by molar-refractivity contribution is 7.89. The fraction of sp³-hybridized carbons (Fsp3) is 0.381. The monoisotopic (exact) mass is 420 g/mol. The molecule has 0 aromatic heterocycles. The maximum atomic E-state index is 12.8. The molecular formula is C21H25ClN2O3S. The Balaban J connectivity index is 1.77. The van der Waals surface area contributed by atoms with Crippen LogP contribution < -0.4 is 10.0 Å². The van der Waals surface area contributed by atoms with E-state index >= 15 is 0 Å². The first kappa shape index (κ1) is 20.8. The Morgan fingerprint density at radius 2 is 1.64 bits per heavy atom. The molecular weight excluding hydrogens is 396 g/mol. The zero-order valence-electron chi connectivity index (χ0n) is 15.6. The number of hydrogen-bond donors (Lipinski definition) is 2. The zero-order chi connectivity index (χ0) is 20.0. The van der Waals surface area contributed by atoms with E-state index in [0.717, 1.165) is 25.7 Å². The van der Waals surface area contributed by atoms with Crippen molar-refractivity contribution in [3.05, 3.63) is 65.2 Å². The highest BCUT2D eigenvalue weighted by Crippen LogP contribution is 2.23. The van der Waals surface area contributed by atoms with Crippen molar-refractivity contribution in [3.8, 4) is 0 Å². The minimum absolute atomic E-state index is 0.0319. The fourth-order valence-corrected chi connectivity index (χ4v) is 4.87. The van der Waals surface area contributed by atoms with Gasteiger partial charge in [-0.15, -0.1) is 0 Å². The van der Waals surface area contributed by atoms with Crippen LogP contribution in [-0.2, 0) is 14.8 Å². The first-order valence-electron chi connectivity index (χ1n) is 9.56. The molecule has 1 amide bonds. The van der Waals surface area contributed by atoms with E-state index < -0.39 is 16.1 Å². The summed E-state index contributed by atoms with van der Waals surface area (Å²) in [6, 6.07) is 14.5. The largest absolute Gasteiger partial charge is 0.353 e. The first-order valence-corrected chi connectivity index (χ1v) is 11.4. The summed E-state index contributed by atoms with van der Waals surface area (Å²) >= 11 is 5.96. The predicted octanol–water partition coefficient (Wildman–Crippen LogP) is 4.20. The molecule has 1 atom stereocenters. The Kier molecular flexibility index (Phi) is 7.10. The quantitative estimate of drug-likeness (QED) is 0.704. The number of halogens is 1. The van der Waals surface area contributed by atoms with Gasteiger partial charge in [0, 0.05) is 17.5 Å². The van der Waals surface area contributed by atoms with Gasteiger partial charge in [0.2, 0.25) is 15.9 Å². The van der Waals surface area contributed by atoms with Gasteiger partial charge in [0.25, 0.3) is 0 Å². The van der Waals surface area contributed by atoms with Crippen molar-refractivity contribution < 1.29 is 13.2 Å². The minimum Gasteiger partial charge on any atom is -0.353 e. The van der Waals surface area contributed by atoms with Gasteiger partial charge in [-0.1, -0.05) is 61.2 Å². The van der Waals surface area contributed by atoms with Crippen molar-refractivity contribution in [3.63, 3.8) is 0 Å². The Morgan fingerprint density at radius 1 is 1.00 bits per heavy atom. The average Bonchev–Trinajstić information content (AvgIpc) is 2.69. The van der Waals surface area contributed by atoms with Crippen LogP contribution in [0.4, 0.5) is 0 Å². The highest BCUT2D eigenvalue weighted by Gasteiger charge is 2.25.